The topological polar surface area (TPSA) is 64.3 Å². The molecule has 1 N–H and O–H groups in total. The summed E-state index contributed by atoms with van der Waals surface area (Å²) in [7, 11) is 0. The lowest BCUT2D eigenvalue weighted by Crippen LogP contribution is -2.10. The number of carbonyl (C=O) groups excluding carboxylic acids is 1. The minimum atomic E-state index is -0.423. The van der Waals surface area contributed by atoms with Gasteiger partial charge in [-0.3, -0.25) is 4.68 Å². The minimum absolute atomic E-state index is 0.00749. The summed E-state index contributed by atoms with van der Waals surface area (Å²) in [6, 6.07) is 1.72. The molecule has 1 aromatic heterocycles. The molecule has 0 aliphatic carbocycles. The van der Waals surface area contributed by atoms with Crippen LogP contribution in [0.15, 0.2) is 6.07 Å². The summed E-state index contributed by atoms with van der Waals surface area (Å²) in [5.74, 6) is 0.201. The van der Waals surface area contributed by atoms with Gasteiger partial charge in [-0.05, 0) is 32.3 Å². The fourth-order valence-corrected chi connectivity index (χ4v) is 1.84. The molecule has 1 aromatic rings. The van der Waals surface area contributed by atoms with Gasteiger partial charge in [-0.25, -0.2) is 4.79 Å². The number of aromatic nitrogens is 2. The van der Waals surface area contributed by atoms with Crippen molar-refractivity contribution in [1.82, 2.24) is 9.78 Å². The number of aliphatic hydroxyl groups is 1. The Kier molecular flexibility index (Phi) is 6.75. The molecule has 0 aliphatic heterocycles. The first-order valence-corrected chi connectivity index (χ1v) is 6.67. The van der Waals surface area contributed by atoms with Crippen LogP contribution in [0.3, 0.4) is 0 Å². The molecule has 1 rings (SSSR count). The summed E-state index contributed by atoms with van der Waals surface area (Å²) >= 11 is 5.63. The Hall–Kier alpha value is -1.07. The van der Waals surface area contributed by atoms with E-state index in [0.29, 0.717) is 24.7 Å². The van der Waals surface area contributed by atoms with Crippen molar-refractivity contribution < 1.29 is 14.6 Å². The predicted molar refractivity (Wildman–Crippen MR) is 68.9 cm³/mol. The van der Waals surface area contributed by atoms with E-state index in [0.717, 1.165) is 25.0 Å². The second kappa shape index (κ2) is 8.11. The van der Waals surface area contributed by atoms with Gasteiger partial charge in [0, 0.05) is 11.6 Å². The summed E-state index contributed by atoms with van der Waals surface area (Å²) in [5, 5.41) is 13.1. The number of halogens is 1. The predicted octanol–water partition coefficient (Wildman–Crippen LogP) is 1.61. The zero-order valence-electron chi connectivity index (χ0n) is 10.6. The molecule has 0 aromatic carbocycles. The number of alkyl halides is 1. The molecule has 0 bridgehead atoms. The molecular weight excluding hydrogens is 256 g/mol. The third-order valence-corrected chi connectivity index (χ3v) is 2.74. The first-order chi connectivity index (χ1) is 8.72. The molecule has 18 heavy (non-hydrogen) atoms. The van der Waals surface area contributed by atoms with Crippen LogP contribution in [0, 0.1) is 0 Å². The maximum atomic E-state index is 11.6. The van der Waals surface area contributed by atoms with Crippen molar-refractivity contribution in [1.29, 1.82) is 0 Å². The van der Waals surface area contributed by atoms with E-state index in [9.17, 15) is 4.79 Å². The second-order valence-corrected chi connectivity index (χ2v) is 4.21. The SMILES string of the molecule is CCOC(=O)c1cc(CCCCCl)n(CCO)n1. The van der Waals surface area contributed by atoms with Crippen molar-refractivity contribution in [3.63, 3.8) is 0 Å². The number of ether oxygens (including phenoxy) is 1. The van der Waals surface area contributed by atoms with Gasteiger partial charge in [0.25, 0.3) is 0 Å². The first-order valence-electron chi connectivity index (χ1n) is 6.13. The lowest BCUT2D eigenvalue weighted by molar-refractivity contribution is 0.0518. The van der Waals surface area contributed by atoms with Crippen LogP contribution in [-0.4, -0.2) is 40.0 Å². The van der Waals surface area contributed by atoms with Crippen molar-refractivity contribution in [2.24, 2.45) is 0 Å². The summed E-state index contributed by atoms with van der Waals surface area (Å²) in [6.07, 6.45) is 2.64. The normalized spacial score (nSPS) is 10.6. The number of nitrogens with zero attached hydrogens (tertiary/aromatic N) is 2. The zero-order chi connectivity index (χ0) is 13.4. The number of carbonyl (C=O) groups is 1. The van der Waals surface area contributed by atoms with Crippen molar-refractivity contribution >= 4 is 17.6 Å². The summed E-state index contributed by atoms with van der Waals surface area (Å²) in [4.78, 5) is 11.6. The molecule has 0 radical (unpaired) electrons. The highest BCUT2D eigenvalue weighted by molar-refractivity contribution is 6.17. The van der Waals surface area contributed by atoms with E-state index in [1.165, 1.54) is 0 Å². The van der Waals surface area contributed by atoms with Gasteiger partial charge in [0.2, 0.25) is 0 Å². The minimum Gasteiger partial charge on any atom is -0.461 e. The molecule has 0 unspecified atom stereocenters. The van der Waals surface area contributed by atoms with E-state index >= 15 is 0 Å². The van der Waals surface area contributed by atoms with E-state index in [-0.39, 0.29) is 6.61 Å². The standard InChI is InChI=1S/C12H19ClN2O3/c1-2-18-12(17)11-9-10(5-3-4-6-13)15(14-11)7-8-16/h9,16H,2-8H2,1H3. The van der Waals surface area contributed by atoms with Crippen LogP contribution in [0.1, 0.15) is 35.9 Å². The van der Waals surface area contributed by atoms with Gasteiger partial charge in [-0.2, -0.15) is 5.10 Å². The van der Waals surface area contributed by atoms with Gasteiger partial charge < -0.3 is 9.84 Å². The van der Waals surface area contributed by atoms with E-state index in [1.54, 1.807) is 17.7 Å². The van der Waals surface area contributed by atoms with Crippen LogP contribution in [0.5, 0.6) is 0 Å². The fourth-order valence-electron chi connectivity index (χ4n) is 1.65. The van der Waals surface area contributed by atoms with Gasteiger partial charge in [-0.15, -0.1) is 11.6 Å². The Balaban J connectivity index is 2.76. The zero-order valence-corrected chi connectivity index (χ0v) is 11.3. The highest BCUT2D eigenvalue weighted by Gasteiger charge is 2.14. The van der Waals surface area contributed by atoms with Crippen LogP contribution in [0.4, 0.5) is 0 Å². The quantitative estimate of drug-likeness (QED) is 0.444. The molecule has 1 heterocycles. The van der Waals surface area contributed by atoms with E-state index < -0.39 is 5.97 Å². The molecule has 5 nitrogen and oxygen atoms in total. The first kappa shape index (κ1) is 15.0. The van der Waals surface area contributed by atoms with Crippen molar-refractivity contribution in [2.45, 2.75) is 32.7 Å². The lowest BCUT2D eigenvalue weighted by atomic mass is 10.2. The van der Waals surface area contributed by atoms with E-state index in [4.69, 9.17) is 21.4 Å². The third-order valence-electron chi connectivity index (χ3n) is 2.48. The second-order valence-electron chi connectivity index (χ2n) is 3.83. The smallest absolute Gasteiger partial charge is 0.358 e. The van der Waals surface area contributed by atoms with Gasteiger partial charge >= 0.3 is 5.97 Å². The number of hydrogen-bond donors (Lipinski definition) is 1. The van der Waals surface area contributed by atoms with Crippen molar-refractivity contribution in [3.8, 4) is 0 Å². The molecular formula is C12H19ClN2O3. The van der Waals surface area contributed by atoms with E-state index in [2.05, 4.69) is 5.10 Å². The van der Waals surface area contributed by atoms with Crippen LogP contribution in [0.2, 0.25) is 0 Å². The van der Waals surface area contributed by atoms with Crippen molar-refractivity contribution in [2.75, 3.05) is 19.1 Å². The Morgan fingerprint density at radius 2 is 2.33 bits per heavy atom. The van der Waals surface area contributed by atoms with Crippen LogP contribution < -0.4 is 0 Å². The largest absolute Gasteiger partial charge is 0.461 e. The number of aliphatic hydroxyl groups excluding tert-OH is 1. The van der Waals surface area contributed by atoms with Crippen LogP contribution >= 0.6 is 11.6 Å². The van der Waals surface area contributed by atoms with Gasteiger partial charge in [0.1, 0.15) is 0 Å². The monoisotopic (exact) mass is 274 g/mol. The molecule has 0 fully saturated rings. The molecule has 102 valence electrons. The molecule has 0 atom stereocenters. The molecule has 0 spiro atoms. The third kappa shape index (κ3) is 4.31. The fraction of sp³-hybridized carbons (Fsp3) is 0.667. The molecule has 0 saturated carbocycles. The Morgan fingerprint density at radius 1 is 1.56 bits per heavy atom. The summed E-state index contributed by atoms with van der Waals surface area (Å²) < 4.78 is 6.55. The molecule has 6 heteroatoms. The number of unbranched alkanes of at least 4 members (excludes halogenated alkanes) is 1. The van der Waals surface area contributed by atoms with Gasteiger partial charge in [-0.1, -0.05) is 0 Å². The number of hydrogen-bond acceptors (Lipinski definition) is 4. The van der Waals surface area contributed by atoms with E-state index in [1.807, 2.05) is 0 Å². The Labute approximate surface area is 112 Å². The average Bonchev–Trinajstić information content (AvgIpc) is 2.74. The number of aryl methyl sites for hydroxylation is 1. The summed E-state index contributed by atoms with van der Waals surface area (Å²) in [6.45, 7) is 2.46. The Morgan fingerprint density at radius 3 is 2.94 bits per heavy atom. The molecule has 0 aliphatic rings. The maximum Gasteiger partial charge on any atom is 0.358 e. The highest BCUT2D eigenvalue weighted by Crippen LogP contribution is 2.10. The van der Waals surface area contributed by atoms with Gasteiger partial charge in [0.05, 0.1) is 19.8 Å². The van der Waals surface area contributed by atoms with Gasteiger partial charge in [0.15, 0.2) is 5.69 Å². The average molecular weight is 275 g/mol. The van der Waals surface area contributed by atoms with Crippen LogP contribution in [0.25, 0.3) is 0 Å². The van der Waals surface area contributed by atoms with Crippen molar-refractivity contribution in [3.05, 3.63) is 17.5 Å². The summed E-state index contributed by atoms with van der Waals surface area (Å²) in [5.41, 5.74) is 1.23. The highest BCUT2D eigenvalue weighted by atomic mass is 35.5. The maximum absolute atomic E-state index is 11.6. The number of esters is 1. The molecule has 0 amide bonds. The Bertz CT molecular complexity index is 379. The molecule has 0 saturated heterocycles. The lowest BCUT2D eigenvalue weighted by Gasteiger charge is -2.04. The number of rotatable bonds is 8. The van der Waals surface area contributed by atoms with Crippen LogP contribution in [-0.2, 0) is 17.7 Å².